The molecule has 0 aliphatic heterocycles. The van der Waals surface area contributed by atoms with Crippen molar-refractivity contribution in [3.05, 3.63) is 102 Å². The second kappa shape index (κ2) is 8.69. The Morgan fingerprint density at radius 2 is 1.69 bits per heavy atom. The third-order valence-corrected chi connectivity index (χ3v) is 4.67. The van der Waals surface area contributed by atoms with Gasteiger partial charge in [0.05, 0.1) is 11.1 Å². The van der Waals surface area contributed by atoms with Crippen LogP contribution in [-0.4, -0.2) is 26.9 Å². The van der Waals surface area contributed by atoms with E-state index in [4.69, 9.17) is 9.84 Å². The number of carbonyl (C=O) groups is 2. The molecule has 0 atom stereocenters. The largest absolute Gasteiger partial charge is 0.508 e. The van der Waals surface area contributed by atoms with Gasteiger partial charge in [0, 0.05) is 29.3 Å². The molecule has 4 rings (SSSR count). The Bertz CT molecular complexity index is 1350. The number of fused-ring (bicyclic) bond motifs is 1. The van der Waals surface area contributed by atoms with E-state index in [2.05, 4.69) is 4.98 Å². The number of nitrogens with zero attached hydrogens (tertiary/aromatic N) is 1. The first-order valence-corrected chi connectivity index (χ1v) is 9.51. The fourth-order valence-corrected chi connectivity index (χ4v) is 3.12. The summed E-state index contributed by atoms with van der Waals surface area (Å²) in [4.78, 5) is 28.1. The maximum absolute atomic E-state index is 13.3. The predicted octanol–water partition coefficient (Wildman–Crippen LogP) is 5.20. The molecule has 158 valence electrons. The zero-order valence-electron chi connectivity index (χ0n) is 16.5. The normalized spacial score (nSPS) is 11.0. The average molecular weight is 429 g/mol. The number of phenolic OH excluding ortho intramolecular Hbond substituents is 1. The van der Waals surface area contributed by atoms with Gasteiger partial charge in [0.25, 0.3) is 0 Å². The average Bonchev–Trinajstić information content (AvgIpc) is 2.78. The summed E-state index contributed by atoms with van der Waals surface area (Å²) >= 11 is 0. The van der Waals surface area contributed by atoms with E-state index in [9.17, 15) is 19.1 Å². The van der Waals surface area contributed by atoms with E-state index < -0.39 is 17.6 Å². The van der Waals surface area contributed by atoms with Crippen molar-refractivity contribution < 1.29 is 28.9 Å². The first-order valence-electron chi connectivity index (χ1n) is 9.51. The van der Waals surface area contributed by atoms with Gasteiger partial charge in [0.1, 0.15) is 23.1 Å². The van der Waals surface area contributed by atoms with Crippen molar-refractivity contribution in [1.82, 2.24) is 4.98 Å². The second-order valence-electron chi connectivity index (χ2n) is 6.88. The van der Waals surface area contributed by atoms with Crippen molar-refractivity contribution in [3.8, 4) is 17.2 Å². The van der Waals surface area contributed by atoms with Gasteiger partial charge in [-0.3, -0.25) is 9.78 Å². The maximum atomic E-state index is 13.3. The summed E-state index contributed by atoms with van der Waals surface area (Å²) in [6, 6.07) is 16.3. The van der Waals surface area contributed by atoms with Gasteiger partial charge in [0.2, 0.25) is 0 Å². The fourth-order valence-electron chi connectivity index (χ4n) is 3.12. The molecule has 0 radical (unpaired) electrons. The molecule has 0 spiro atoms. The smallest absolute Gasteiger partial charge is 0.328 e. The lowest BCUT2D eigenvalue weighted by atomic mass is 10.0. The van der Waals surface area contributed by atoms with Crippen molar-refractivity contribution in [1.29, 1.82) is 0 Å². The molecule has 6 nitrogen and oxygen atoms in total. The number of carboxylic acid groups (broad SMARTS) is 1. The molecule has 1 aromatic heterocycles. The van der Waals surface area contributed by atoms with Gasteiger partial charge in [-0.15, -0.1) is 0 Å². The van der Waals surface area contributed by atoms with Crippen molar-refractivity contribution in [2.24, 2.45) is 0 Å². The van der Waals surface area contributed by atoms with Crippen molar-refractivity contribution >= 4 is 28.7 Å². The molecule has 3 aromatic carbocycles. The summed E-state index contributed by atoms with van der Waals surface area (Å²) < 4.78 is 19.3. The minimum absolute atomic E-state index is 0.0168. The van der Waals surface area contributed by atoms with Crippen molar-refractivity contribution in [2.45, 2.75) is 0 Å². The molecular formula is C25H16FNO5. The van der Waals surface area contributed by atoms with E-state index in [-0.39, 0.29) is 22.6 Å². The van der Waals surface area contributed by atoms with Gasteiger partial charge in [-0.05, 0) is 60.2 Å². The zero-order valence-corrected chi connectivity index (χ0v) is 16.5. The highest BCUT2D eigenvalue weighted by Crippen LogP contribution is 2.35. The number of carboxylic acids is 1. The number of halogens is 1. The van der Waals surface area contributed by atoms with Crippen LogP contribution in [0.5, 0.6) is 17.2 Å². The molecule has 1 heterocycles. The van der Waals surface area contributed by atoms with E-state index in [0.717, 1.165) is 6.08 Å². The number of phenols is 1. The Kier molecular flexibility index (Phi) is 5.63. The van der Waals surface area contributed by atoms with E-state index >= 15 is 0 Å². The first-order chi connectivity index (χ1) is 15.4. The molecule has 0 bridgehead atoms. The van der Waals surface area contributed by atoms with E-state index in [0.29, 0.717) is 22.2 Å². The highest BCUT2D eigenvalue weighted by molar-refractivity contribution is 6.13. The van der Waals surface area contributed by atoms with Crippen molar-refractivity contribution in [3.63, 3.8) is 0 Å². The molecule has 0 saturated carbocycles. The highest BCUT2D eigenvalue weighted by atomic mass is 19.1. The minimum atomic E-state index is -1.05. The molecule has 7 heteroatoms. The number of ether oxygens (including phenoxy) is 1. The van der Waals surface area contributed by atoms with Gasteiger partial charge in [-0.2, -0.15) is 0 Å². The maximum Gasteiger partial charge on any atom is 0.328 e. The molecule has 32 heavy (non-hydrogen) atoms. The van der Waals surface area contributed by atoms with Gasteiger partial charge in [0.15, 0.2) is 5.78 Å². The Labute approximate surface area is 181 Å². The van der Waals surface area contributed by atoms with Crippen LogP contribution in [0.1, 0.15) is 21.5 Å². The lowest BCUT2D eigenvalue weighted by molar-refractivity contribution is -0.131. The topological polar surface area (TPSA) is 96.7 Å². The summed E-state index contributed by atoms with van der Waals surface area (Å²) in [5, 5.41) is 19.0. The number of aromatic hydroxyl groups is 1. The van der Waals surface area contributed by atoms with Crippen LogP contribution in [0, 0.1) is 5.82 Å². The van der Waals surface area contributed by atoms with Gasteiger partial charge < -0.3 is 14.9 Å². The predicted molar refractivity (Wildman–Crippen MR) is 116 cm³/mol. The number of benzene rings is 3. The number of hydrogen-bond acceptors (Lipinski definition) is 5. The fraction of sp³-hybridized carbons (Fsp3) is 0. The van der Waals surface area contributed by atoms with Gasteiger partial charge in [-0.25, -0.2) is 9.18 Å². The standard InChI is InChI=1S/C25H16FNO5/c26-17-6-4-16(5-7-17)24(31)21-14-27-22-13-18(28)8-11-20(22)25(21)32-19-9-1-15(2-10-19)3-12-23(29)30/h1-14,28H,(H,29,30)/b12-3+. The lowest BCUT2D eigenvalue weighted by Gasteiger charge is -2.14. The summed E-state index contributed by atoms with van der Waals surface area (Å²) in [7, 11) is 0. The molecule has 0 fully saturated rings. The molecule has 0 aliphatic carbocycles. The summed E-state index contributed by atoms with van der Waals surface area (Å²) in [5.74, 6) is -1.25. The molecule has 2 N–H and O–H groups in total. The number of aliphatic carboxylic acids is 1. The Morgan fingerprint density at radius 1 is 0.969 bits per heavy atom. The summed E-state index contributed by atoms with van der Waals surface area (Å²) in [5.41, 5.74) is 1.53. The molecule has 0 aliphatic rings. The molecule has 0 amide bonds. The summed E-state index contributed by atoms with van der Waals surface area (Å²) in [6.07, 6.45) is 3.82. The monoisotopic (exact) mass is 429 g/mol. The quantitative estimate of drug-likeness (QED) is 0.323. The van der Waals surface area contributed by atoms with Crippen LogP contribution in [0.15, 0.2) is 79.0 Å². The van der Waals surface area contributed by atoms with Crippen LogP contribution in [-0.2, 0) is 4.79 Å². The van der Waals surface area contributed by atoms with Crippen LogP contribution in [0.3, 0.4) is 0 Å². The van der Waals surface area contributed by atoms with Crippen LogP contribution < -0.4 is 4.74 Å². The van der Waals surface area contributed by atoms with Crippen LogP contribution >= 0.6 is 0 Å². The van der Waals surface area contributed by atoms with Crippen molar-refractivity contribution in [2.75, 3.05) is 0 Å². The first kappa shape index (κ1) is 20.7. The number of rotatable bonds is 6. The van der Waals surface area contributed by atoms with E-state index in [1.54, 1.807) is 30.3 Å². The molecule has 0 saturated heterocycles. The molecule has 0 unspecified atom stereocenters. The number of ketones is 1. The van der Waals surface area contributed by atoms with Crippen LogP contribution in [0.25, 0.3) is 17.0 Å². The Morgan fingerprint density at radius 3 is 2.38 bits per heavy atom. The number of carbonyl (C=O) groups excluding carboxylic acids is 1. The molecule has 4 aromatic rings. The third-order valence-electron chi connectivity index (χ3n) is 4.67. The number of pyridine rings is 1. The number of hydrogen-bond donors (Lipinski definition) is 2. The Hall–Kier alpha value is -4.52. The second-order valence-corrected chi connectivity index (χ2v) is 6.88. The number of aromatic nitrogens is 1. The minimum Gasteiger partial charge on any atom is -0.508 e. The summed E-state index contributed by atoms with van der Waals surface area (Å²) in [6.45, 7) is 0. The van der Waals surface area contributed by atoms with Crippen LogP contribution in [0.4, 0.5) is 4.39 Å². The lowest BCUT2D eigenvalue weighted by Crippen LogP contribution is -2.05. The highest BCUT2D eigenvalue weighted by Gasteiger charge is 2.19. The molecular weight excluding hydrogens is 413 g/mol. The van der Waals surface area contributed by atoms with E-state index in [1.807, 2.05) is 0 Å². The van der Waals surface area contributed by atoms with Gasteiger partial charge in [-0.1, -0.05) is 12.1 Å². The van der Waals surface area contributed by atoms with Gasteiger partial charge >= 0.3 is 5.97 Å². The zero-order chi connectivity index (χ0) is 22.7. The van der Waals surface area contributed by atoms with E-state index in [1.165, 1.54) is 48.7 Å². The Balaban J connectivity index is 1.77. The third kappa shape index (κ3) is 4.46. The SMILES string of the molecule is O=C(O)/C=C/c1ccc(Oc2c(C(=O)c3ccc(F)cc3)cnc3cc(O)ccc23)cc1. The van der Waals surface area contributed by atoms with Crippen LogP contribution in [0.2, 0.25) is 0 Å².